The predicted molar refractivity (Wildman–Crippen MR) is 79.9 cm³/mol. The summed E-state index contributed by atoms with van der Waals surface area (Å²) in [4.78, 5) is 24.6. The highest BCUT2D eigenvalue weighted by atomic mass is 16.6. The number of rotatable bonds is 2. The van der Waals surface area contributed by atoms with Crippen LogP contribution in [-0.2, 0) is 19.1 Å². The summed E-state index contributed by atoms with van der Waals surface area (Å²) in [5, 5.41) is 19.6. The largest absolute Gasteiger partial charge is 0.460 e. The first kappa shape index (κ1) is 18.9. The predicted octanol–water partition coefficient (Wildman–Crippen LogP) is 1.42. The second-order valence-corrected chi connectivity index (χ2v) is 7.89. The number of carbonyl (C=O) groups is 2. The van der Waals surface area contributed by atoms with Gasteiger partial charge in [0.15, 0.2) is 0 Å². The number of hydrogen-bond donors (Lipinski definition) is 2. The third-order valence-electron chi connectivity index (χ3n) is 3.34. The number of carbonyl (C=O) groups excluding carboxylic acids is 2. The smallest absolute Gasteiger partial charge is 0.310 e. The van der Waals surface area contributed by atoms with Gasteiger partial charge in [-0.05, 0) is 54.4 Å². The number of esters is 2. The SMILES string of the molecule is CC(C)(C)OC(=O)[C@H]1C[C@@H](O)[C@@H](O)C[C@@H]1C(=O)OC(C)(C)C. The highest BCUT2D eigenvalue weighted by Gasteiger charge is 2.46. The van der Waals surface area contributed by atoms with E-state index in [1.165, 1.54) is 0 Å². The van der Waals surface area contributed by atoms with Gasteiger partial charge in [-0.2, -0.15) is 0 Å². The van der Waals surface area contributed by atoms with Crippen molar-refractivity contribution in [2.45, 2.75) is 77.8 Å². The third-order valence-corrected chi connectivity index (χ3v) is 3.34. The topological polar surface area (TPSA) is 93.1 Å². The van der Waals surface area contributed by atoms with E-state index in [0.717, 1.165) is 0 Å². The summed E-state index contributed by atoms with van der Waals surface area (Å²) >= 11 is 0. The zero-order valence-electron chi connectivity index (χ0n) is 14.3. The maximum atomic E-state index is 12.3. The Labute approximate surface area is 131 Å². The van der Waals surface area contributed by atoms with E-state index < -0.39 is 47.2 Å². The molecule has 1 rings (SSSR count). The van der Waals surface area contributed by atoms with Gasteiger partial charge in [0.1, 0.15) is 11.2 Å². The Morgan fingerprint density at radius 1 is 0.773 bits per heavy atom. The van der Waals surface area contributed by atoms with Crippen molar-refractivity contribution in [2.24, 2.45) is 11.8 Å². The molecule has 128 valence electrons. The molecule has 0 spiro atoms. The quantitative estimate of drug-likeness (QED) is 0.748. The Morgan fingerprint density at radius 3 is 1.27 bits per heavy atom. The van der Waals surface area contributed by atoms with Crippen molar-refractivity contribution < 1.29 is 29.3 Å². The second-order valence-electron chi connectivity index (χ2n) is 7.89. The Bertz CT molecular complexity index is 377. The van der Waals surface area contributed by atoms with Crippen LogP contribution in [0.1, 0.15) is 54.4 Å². The van der Waals surface area contributed by atoms with Crippen LogP contribution in [0.5, 0.6) is 0 Å². The number of ether oxygens (including phenoxy) is 2. The Kier molecular flexibility index (Phi) is 5.62. The minimum Gasteiger partial charge on any atom is -0.460 e. The summed E-state index contributed by atoms with van der Waals surface area (Å²) in [7, 11) is 0. The summed E-state index contributed by atoms with van der Waals surface area (Å²) in [6.07, 6.45) is -2.12. The van der Waals surface area contributed by atoms with Gasteiger partial charge in [-0.3, -0.25) is 9.59 Å². The average Bonchev–Trinajstić information content (AvgIpc) is 2.27. The van der Waals surface area contributed by atoms with Crippen LogP contribution in [0.15, 0.2) is 0 Å². The Hall–Kier alpha value is -1.14. The van der Waals surface area contributed by atoms with Crippen LogP contribution in [0.4, 0.5) is 0 Å². The Balaban J connectivity index is 2.93. The van der Waals surface area contributed by atoms with Crippen molar-refractivity contribution in [3.8, 4) is 0 Å². The zero-order valence-corrected chi connectivity index (χ0v) is 14.3. The van der Waals surface area contributed by atoms with Crippen LogP contribution in [0.25, 0.3) is 0 Å². The van der Waals surface area contributed by atoms with Gasteiger partial charge in [0, 0.05) is 0 Å². The van der Waals surface area contributed by atoms with Gasteiger partial charge in [0.05, 0.1) is 24.0 Å². The minimum absolute atomic E-state index is 0.0139. The maximum absolute atomic E-state index is 12.3. The highest BCUT2D eigenvalue weighted by molar-refractivity contribution is 5.83. The van der Waals surface area contributed by atoms with Gasteiger partial charge in [0.2, 0.25) is 0 Å². The molecule has 1 saturated carbocycles. The standard InChI is InChI=1S/C16H28O6/c1-15(2,3)21-13(19)9-7-11(17)12(18)8-10(9)14(20)22-16(4,5)6/h9-12,17-18H,7-8H2,1-6H3/t9-,10-,11-,12+/m0/s1. The van der Waals surface area contributed by atoms with Gasteiger partial charge < -0.3 is 19.7 Å². The van der Waals surface area contributed by atoms with Crippen LogP contribution < -0.4 is 0 Å². The molecule has 0 amide bonds. The molecule has 6 nitrogen and oxygen atoms in total. The molecule has 0 aromatic rings. The molecule has 4 atom stereocenters. The fourth-order valence-corrected chi connectivity index (χ4v) is 2.44. The molecule has 0 bridgehead atoms. The van der Waals surface area contributed by atoms with E-state index in [9.17, 15) is 19.8 Å². The van der Waals surface area contributed by atoms with E-state index in [1.54, 1.807) is 41.5 Å². The van der Waals surface area contributed by atoms with E-state index in [1.807, 2.05) is 0 Å². The fraction of sp³-hybridized carbons (Fsp3) is 0.875. The van der Waals surface area contributed by atoms with Crippen LogP contribution in [0.2, 0.25) is 0 Å². The van der Waals surface area contributed by atoms with Crippen molar-refractivity contribution in [1.82, 2.24) is 0 Å². The zero-order chi connectivity index (χ0) is 17.3. The number of aliphatic hydroxyl groups is 2. The van der Waals surface area contributed by atoms with E-state index in [2.05, 4.69) is 0 Å². The van der Waals surface area contributed by atoms with Crippen molar-refractivity contribution in [3.63, 3.8) is 0 Å². The monoisotopic (exact) mass is 316 g/mol. The van der Waals surface area contributed by atoms with Crippen molar-refractivity contribution in [1.29, 1.82) is 0 Å². The molecule has 1 fully saturated rings. The summed E-state index contributed by atoms with van der Waals surface area (Å²) in [5.41, 5.74) is -1.37. The highest BCUT2D eigenvalue weighted by Crippen LogP contribution is 2.34. The summed E-state index contributed by atoms with van der Waals surface area (Å²) in [5.74, 6) is -2.72. The van der Waals surface area contributed by atoms with Crippen molar-refractivity contribution in [3.05, 3.63) is 0 Å². The first-order chi connectivity index (χ1) is 9.80. The first-order valence-electron chi connectivity index (χ1n) is 7.62. The van der Waals surface area contributed by atoms with Crippen LogP contribution in [0, 0.1) is 11.8 Å². The van der Waals surface area contributed by atoms with Crippen molar-refractivity contribution in [2.75, 3.05) is 0 Å². The van der Waals surface area contributed by atoms with Crippen molar-refractivity contribution >= 4 is 11.9 Å². The van der Waals surface area contributed by atoms with E-state index in [-0.39, 0.29) is 12.8 Å². The molecule has 1 aliphatic carbocycles. The molecule has 22 heavy (non-hydrogen) atoms. The molecule has 0 aromatic heterocycles. The molecule has 0 radical (unpaired) electrons. The molecular formula is C16H28O6. The summed E-state index contributed by atoms with van der Waals surface area (Å²) < 4.78 is 10.7. The minimum atomic E-state index is -1.05. The molecule has 6 heteroatoms. The molecule has 2 N–H and O–H groups in total. The summed E-state index contributed by atoms with van der Waals surface area (Å²) in [6, 6.07) is 0. The molecule has 0 aliphatic heterocycles. The Morgan fingerprint density at radius 2 is 1.05 bits per heavy atom. The van der Waals surface area contributed by atoms with Crippen LogP contribution in [0.3, 0.4) is 0 Å². The van der Waals surface area contributed by atoms with Gasteiger partial charge in [-0.1, -0.05) is 0 Å². The molecule has 0 aromatic carbocycles. The lowest BCUT2D eigenvalue weighted by molar-refractivity contribution is -0.181. The third kappa shape index (κ3) is 5.57. The maximum Gasteiger partial charge on any atom is 0.310 e. The number of hydrogen-bond acceptors (Lipinski definition) is 6. The molecule has 1 aliphatic rings. The molecule has 0 saturated heterocycles. The van der Waals surface area contributed by atoms with Crippen LogP contribution in [-0.4, -0.2) is 45.6 Å². The average molecular weight is 316 g/mol. The lowest BCUT2D eigenvalue weighted by Crippen LogP contribution is -2.47. The lowest BCUT2D eigenvalue weighted by Gasteiger charge is -2.36. The fourth-order valence-electron chi connectivity index (χ4n) is 2.44. The van der Waals surface area contributed by atoms with Gasteiger partial charge in [-0.15, -0.1) is 0 Å². The van der Waals surface area contributed by atoms with E-state index in [0.29, 0.717) is 0 Å². The van der Waals surface area contributed by atoms with Gasteiger partial charge >= 0.3 is 11.9 Å². The van der Waals surface area contributed by atoms with E-state index in [4.69, 9.17) is 9.47 Å². The normalized spacial score (nSPS) is 29.8. The molecular weight excluding hydrogens is 288 g/mol. The molecule has 0 heterocycles. The molecule has 0 unspecified atom stereocenters. The lowest BCUT2D eigenvalue weighted by atomic mass is 9.76. The van der Waals surface area contributed by atoms with Gasteiger partial charge in [-0.25, -0.2) is 0 Å². The number of aliphatic hydroxyl groups excluding tert-OH is 2. The van der Waals surface area contributed by atoms with Gasteiger partial charge in [0.25, 0.3) is 0 Å². The summed E-state index contributed by atoms with van der Waals surface area (Å²) in [6.45, 7) is 10.4. The van der Waals surface area contributed by atoms with Crippen LogP contribution >= 0.6 is 0 Å². The second kappa shape index (κ2) is 6.54. The first-order valence-corrected chi connectivity index (χ1v) is 7.62. The van der Waals surface area contributed by atoms with E-state index >= 15 is 0 Å².